The Bertz CT molecular complexity index is 1220. The van der Waals surface area contributed by atoms with E-state index in [2.05, 4.69) is 31.5 Å². The second-order valence-electron chi connectivity index (χ2n) is 8.76. The molecular weight excluding hydrogens is 542 g/mol. The first-order chi connectivity index (χ1) is 17.8. The van der Waals surface area contributed by atoms with Gasteiger partial charge in [-0.05, 0) is 80.9 Å². The van der Waals surface area contributed by atoms with Gasteiger partial charge < -0.3 is 21.3 Å². The van der Waals surface area contributed by atoms with Crippen LogP contribution in [0.1, 0.15) is 45.5 Å². The zero-order chi connectivity index (χ0) is 26.8. The lowest BCUT2D eigenvalue weighted by atomic mass is 10.1. The van der Waals surface area contributed by atoms with Gasteiger partial charge in [-0.25, -0.2) is 8.78 Å². The van der Waals surface area contributed by atoms with Crippen molar-refractivity contribution in [3.05, 3.63) is 93.5 Å². The van der Waals surface area contributed by atoms with Crippen molar-refractivity contribution >= 4 is 39.1 Å². The highest BCUT2D eigenvalue weighted by Gasteiger charge is 2.20. The molecule has 3 aromatic rings. The Morgan fingerprint density at radius 1 is 1.00 bits per heavy atom. The van der Waals surface area contributed by atoms with Crippen LogP contribution in [0, 0.1) is 18.6 Å². The van der Waals surface area contributed by atoms with Gasteiger partial charge in [-0.2, -0.15) is 0 Å². The molecule has 1 fully saturated rings. The Labute approximate surface area is 224 Å². The zero-order valence-corrected chi connectivity index (χ0v) is 22.3. The predicted octanol–water partition coefficient (Wildman–Crippen LogP) is 5.78. The Morgan fingerprint density at radius 3 is 2.32 bits per heavy atom. The van der Waals surface area contributed by atoms with E-state index in [1.54, 1.807) is 36.4 Å². The summed E-state index contributed by atoms with van der Waals surface area (Å²) in [5.41, 5.74) is 6.91. The number of nitrogens with zero attached hydrogens (tertiary/aromatic N) is 1. The number of anilines is 2. The quantitative estimate of drug-likeness (QED) is 0.335. The molecule has 1 aliphatic heterocycles. The van der Waals surface area contributed by atoms with Crippen LogP contribution in [0.2, 0.25) is 0 Å². The molecule has 0 aliphatic carbocycles. The van der Waals surface area contributed by atoms with Crippen LogP contribution in [-0.2, 0) is 0 Å². The molecule has 9 heteroatoms. The molecular formula is C28H31BrF2N4O2. The first kappa shape index (κ1) is 28.3. The van der Waals surface area contributed by atoms with E-state index in [0.29, 0.717) is 17.8 Å². The van der Waals surface area contributed by atoms with Crippen molar-refractivity contribution in [3.8, 4) is 0 Å². The van der Waals surface area contributed by atoms with Crippen LogP contribution >= 0.6 is 15.9 Å². The fourth-order valence-corrected chi connectivity index (χ4v) is 4.45. The zero-order valence-electron chi connectivity index (χ0n) is 20.7. The molecule has 196 valence electrons. The van der Waals surface area contributed by atoms with E-state index in [1.807, 2.05) is 19.1 Å². The average Bonchev–Trinajstić information content (AvgIpc) is 2.89. The number of likely N-dealkylation sites (tertiary alicyclic amines) is 1. The Morgan fingerprint density at radius 2 is 1.70 bits per heavy atom. The maximum absolute atomic E-state index is 14.5. The highest BCUT2D eigenvalue weighted by Crippen LogP contribution is 2.29. The lowest BCUT2D eigenvalue weighted by Crippen LogP contribution is -2.37. The van der Waals surface area contributed by atoms with Gasteiger partial charge in [-0.3, -0.25) is 9.59 Å². The first-order valence-corrected chi connectivity index (χ1v) is 12.9. The van der Waals surface area contributed by atoms with Gasteiger partial charge in [0, 0.05) is 28.8 Å². The number of benzene rings is 3. The maximum Gasteiger partial charge on any atom is 0.253 e. The normalized spacial score (nSPS) is 13.3. The SMILES string of the molecule is Cc1cc(Br)ccc1Nc1c(C(=O)NCCN2CCCCC2)ccc(F)c1F.NC(=O)c1ccccc1. The second-order valence-corrected chi connectivity index (χ2v) is 9.67. The number of carbonyl (C=O) groups is 2. The highest BCUT2D eigenvalue weighted by atomic mass is 79.9. The monoisotopic (exact) mass is 572 g/mol. The second kappa shape index (κ2) is 13.9. The van der Waals surface area contributed by atoms with Gasteiger partial charge in [0.2, 0.25) is 5.91 Å². The summed E-state index contributed by atoms with van der Waals surface area (Å²) < 4.78 is 29.2. The molecule has 2 amide bonds. The summed E-state index contributed by atoms with van der Waals surface area (Å²) in [6.45, 7) is 5.15. The van der Waals surface area contributed by atoms with Gasteiger partial charge in [0.1, 0.15) is 0 Å². The molecule has 1 heterocycles. The van der Waals surface area contributed by atoms with Crippen molar-refractivity contribution in [1.29, 1.82) is 0 Å². The lowest BCUT2D eigenvalue weighted by molar-refractivity contribution is 0.0945. The Kier molecular flexibility index (Phi) is 10.6. The molecule has 37 heavy (non-hydrogen) atoms. The largest absolute Gasteiger partial charge is 0.366 e. The number of primary amides is 1. The summed E-state index contributed by atoms with van der Waals surface area (Å²) in [4.78, 5) is 25.4. The number of hydrogen-bond acceptors (Lipinski definition) is 4. The minimum absolute atomic E-state index is 0.0832. The minimum atomic E-state index is -1.06. The fraction of sp³-hybridized carbons (Fsp3) is 0.286. The van der Waals surface area contributed by atoms with Crippen LogP contribution in [0.25, 0.3) is 0 Å². The number of aryl methyl sites for hydroxylation is 1. The van der Waals surface area contributed by atoms with Crippen LogP contribution in [0.5, 0.6) is 0 Å². The summed E-state index contributed by atoms with van der Waals surface area (Å²) in [6.07, 6.45) is 3.61. The predicted molar refractivity (Wildman–Crippen MR) is 146 cm³/mol. The smallest absolute Gasteiger partial charge is 0.253 e. The summed E-state index contributed by atoms with van der Waals surface area (Å²) in [5.74, 6) is -2.86. The third-order valence-corrected chi connectivity index (χ3v) is 6.50. The third kappa shape index (κ3) is 8.36. The van der Waals surface area contributed by atoms with Crippen LogP contribution in [-0.4, -0.2) is 42.9 Å². The van der Waals surface area contributed by atoms with Crippen molar-refractivity contribution in [2.75, 3.05) is 31.5 Å². The average molecular weight is 573 g/mol. The van der Waals surface area contributed by atoms with Crippen LogP contribution < -0.4 is 16.4 Å². The van der Waals surface area contributed by atoms with Crippen molar-refractivity contribution in [2.24, 2.45) is 5.73 Å². The van der Waals surface area contributed by atoms with Gasteiger partial charge in [-0.1, -0.05) is 40.5 Å². The first-order valence-electron chi connectivity index (χ1n) is 12.1. The van der Waals surface area contributed by atoms with E-state index in [9.17, 15) is 18.4 Å². The molecule has 1 saturated heterocycles. The summed E-state index contributed by atoms with van der Waals surface area (Å²) >= 11 is 3.38. The van der Waals surface area contributed by atoms with Crippen molar-refractivity contribution in [2.45, 2.75) is 26.2 Å². The van der Waals surface area contributed by atoms with E-state index in [4.69, 9.17) is 5.73 Å². The summed E-state index contributed by atoms with van der Waals surface area (Å²) in [7, 11) is 0. The Balaban J connectivity index is 0.000000356. The minimum Gasteiger partial charge on any atom is -0.366 e. The van der Waals surface area contributed by atoms with Gasteiger partial charge in [0.15, 0.2) is 11.6 Å². The third-order valence-electron chi connectivity index (χ3n) is 6.01. The molecule has 0 unspecified atom stereocenters. The van der Waals surface area contributed by atoms with Crippen LogP contribution in [0.4, 0.5) is 20.2 Å². The van der Waals surface area contributed by atoms with E-state index in [-0.39, 0.29) is 17.2 Å². The molecule has 0 saturated carbocycles. The molecule has 0 bridgehead atoms. The molecule has 4 N–H and O–H groups in total. The number of nitrogens with one attached hydrogen (secondary N) is 2. The maximum atomic E-state index is 14.5. The number of amides is 2. The molecule has 4 rings (SSSR count). The standard InChI is InChI=1S/C21H24BrF2N3O.C7H7NO/c1-14-13-15(22)5-8-18(14)26-20-16(6-7-17(23)19(20)24)21(28)25-9-12-27-10-3-2-4-11-27;8-7(9)6-4-2-1-3-5-6/h5-8,13,26H,2-4,9-12H2,1H3,(H,25,28);1-5H,(H2,8,9). The Hall–Kier alpha value is -3.30. The summed E-state index contributed by atoms with van der Waals surface area (Å²) in [6, 6.07) is 16.5. The number of piperidine rings is 1. The topological polar surface area (TPSA) is 87.5 Å². The van der Waals surface area contributed by atoms with E-state index in [1.165, 1.54) is 25.3 Å². The van der Waals surface area contributed by atoms with E-state index >= 15 is 0 Å². The number of hydrogen-bond donors (Lipinski definition) is 3. The molecule has 6 nitrogen and oxygen atoms in total. The molecule has 3 aromatic carbocycles. The number of halogens is 3. The van der Waals surface area contributed by atoms with Crippen molar-refractivity contribution < 1.29 is 18.4 Å². The van der Waals surface area contributed by atoms with Gasteiger partial charge >= 0.3 is 0 Å². The highest BCUT2D eigenvalue weighted by molar-refractivity contribution is 9.10. The number of carbonyl (C=O) groups excluding carboxylic acids is 2. The number of nitrogens with two attached hydrogens (primary N) is 1. The summed E-state index contributed by atoms with van der Waals surface area (Å²) in [5, 5.41) is 5.72. The molecule has 0 aromatic heterocycles. The number of rotatable bonds is 7. The van der Waals surface area contributed by atoms with Gasteiger partial charge in [0.25, 0.3) is 5.91 Å². The van der Waals surface area contributed by atoms with Crippen LogP contribution in [0.3, 0.4) is 0 Å². The molecule has 0 radical (unpaired) electrons. The molecule has 0 spiro atoms. The van der Waals surface area contributed by atoms with Crippen LogP contribution in [0.15, 0.2) is 65.1 Å². The lowest BCUT2D eigenvalue weighted by Gasteiger charge is -2.26. The van der Waals surface area contributed by atoms with Crippen molar-refractivity contribution in [3.63, 3.8) is 0 Å². The van der Waals surface area contributed by atoms with Gasteiger partial charge in [0.05, 0.1) is 11.3 Å². The fourth-order valence-electron chi connectivity index (χ4n) is 3.97. The van der Waals surface area contributed by atoms with Gasteiger partial charge in [-0.15, -0.1) is 0 Å². The van der Waals surface area contributed by atoms with E-state index < -0.39 is 17.5 Å². The molecule has 1 aliphatic rings. The molecule has 0 atom stereocenters. The van der Waals surface area contributed by atoms with E-state index in [0.717, 1.165) is 35.7 Å². The van der Waals surface area contributed by atoms with Crippen molar-refractivity contribution in [1.82, 2.24) is 10.2 Å².